The highest BCUT2D eigenvalue weighted by Crippen LogP contribution is 2.28. The molecular weight excluding hydrogens is 310 g/mol. The van der Waals surface area contributed by atoms with Crippen molar-refractivity contribution in [3.63, 3.8) is 0 Å². The van der Waals surface area contributed by atoms with E-state index in [1.165, 1.54) is 18.4 Å². The molecule has 0 saturated carbocycles. The van der Waals surface area contributed by atoms with Gasteiger partial charge in [-0.2, -0.15) is 5.10 Å². The molecule has 0 bridgehead atoms. The van der Waals surface area contributed by atoms with Crippen LogP contribution in [0, 0.1) is 4.77 Å². The van der Waals surface area contributed by atoms with Crippen molar-refractivity contribution in [3.8, 4) is 11.5 Å². The molecule has 0 amide bonds. The number of hydrogen-bond donors (Lipinski definition) is 1. The van der Waals surface area contributed by atoms with Crippen LogP contribution < -0.4 is 9.47 Å². The van der Waals surface area contributed by atoms with Crippen molar-refractivity contribution in [2.75, 3.05) is 14.2 Å². The van der Waals surface area contributed by atoms with E-state index >= 15 is 0 Å². The van der Waals surface area contributed by atoms with Crippen LogP contribution in [0.2, 0.25) is 0 Å². The molecule has 0 atom stereocenters. The number of rotatable bonds is 9. The Hall–Kier alpha value is -1.82. The van der Waals surface area contributed by atoms with Crippen LogP contribution in [-0.2, 0) is 19.4 Å². The predicted molar refractivity (Wildman–Crippen MR) is 93.9 cm³/mol. The summed E-state index contributed by atoms with van der Waals surface area (Å²) in [6, 6.07) is 6.01. The third-order valence-corrected chi connectivity index (χ3v) is 4.22. The lowest BCUT2D eigenvalue weighted by Crippen LogP contribution is -2.06. The first kappa shape index (κ1) is 17.5. The second-order valence-electron chi connectivity index (χ2n) is 5.49. The number of hydrogen-bond acceptors (Lipinski definition) is 4. The van der Waals surface area contributed by atoms with E-state index in [0.29, 0.717) is 4.77 Å². The predicted octanol–water partition coefficient (Wildman–Crippen LogP) is 3.93. The Balaban J connectivity index is 2.05. The summed E-state index contributed by atoms with van der Waals surface area (Å²) in [5.74, 6) is 2.52. The van der Waals surface area contributed by atoms with E-state index < -0.39 is 0 Å². The Morgan fingerprint density at radius 3 is 2.61 bits per heavy atom. The van der Waals surface area contributed by atoms with E-state index in [-0.39, 0.29) is 0 Å². The Morgan fingerprint density at radius 2 is 1.91 bits per heavy atom. The van der Waals surface area contributed by atoms with Gasteiger partial charge in [0.2, 0.25) is 0 Å². The first-order chi connectivity index (χ1) is 11.2. The highest BCUT2D eigenvalue weighted by atomic mass is 32.1. The minimum atomic E-state index is 0.711. The molecule has 1 aromatic heterocycles. The van der Waals surface area contributed by atoms with Crippen molar-refractivity contribution in [2.45, 2.75) is 45.6 Å². The normalized spacial score (nSPS) is 10.7. The molecule has 0 fully saturated rings. The van der Waals surface area contributed by atoms with Gasteiger partial charge < -0.3 is 14.0 Å². The maximum atomic E-state index is 5.35. The van der Waals surface area contributed by atoms with Gasteiger partial charge in [-0.05, 0) is 42.8 Å². The molecule has 1 aromatic carbocycles. The summed E-state index contributed by atoms with van der Waals surface area (Å²) in [6.45, 7) is 3.14. The van der Waals surface area contributed by atoms with Gasteiger partial charge in [-0.15, -0.1) is 0 Å². The van der Waals surface area contributed by atoms with Crippen LogP contribution in [0.1, 0.15) is 37.6 Å². The molecule has 1 heterocycles. The van der Waals surface area contributed by atoms with Crippen LogP contribution in [0.5, 0.6) is 11.5 Å². The van der Waals surface area contributed by atoms with Crippen molar-refractivity contribution in [2.24, 2.45) is 0 Å². The topological polar surface area (TPSA) is 52.1 Å². The van der Waals surface area contributed by atoms with Crippen LogP contribution in [-0.4, -0.2) is 29.0 Å². The quantitative estimate of drug-likeness (QED) is 0.557. The number of ether oxygens (including phenoxy) is 2. The average molecular weight is 335 g/mol. The number of nitrogens with zero attached hydrogens (tertiary/aromatic N) is 2. The minimum Gasteiger partial charge on any atom is -0.493 e. The molecule has 0 radical (unpaired) electrons. The molecule has 0 aliphatic heterocycles. The Bertz CT molecular complexity index is 679. The highest BCUT2D eigenvalue weighted by molar-refractivity contribution is 7.71. The lowest BCUT2D eigenvalue weighted by molar-refractivity contribution is 0.354. The largest absolute Gasteiger partial charge is 0.493 e. The van der Waals surface area contributed by atoms with Crippen LogP contribution >= 0.6 is 12.2 Å². The summed E-state index contributed by atoms with van der Waals surface area (Å²) in [5, 5.41) is 7.29. The van der Waals surface area contributed by atoms with Gasteiger partial charge in [-0.3, -0.25) is 5.10 Å². The maximum absolute atomic E-state index is 5.35. The number of methoxy groups -OCH3 is 2. The van der Waals surface area contributed by atoms with E-state index in [2.05, 4.69) is 27.8 Å². The van der Waals surface area contributed by atoms with E-state index in [1.807, 2.05) is 12.1 Å². The van der Waals surface area contributed by atoms with Gasteiger partial charge in [0.15, 0.2) is 16.3 Å². The van der Waals surface area contributed by atoms with E-state index in [9.17, 15) is 0 Å². The minimum absolute atomic E-state index is 0.711. The second kappa shape index (κ2) is 8.72. The number of H-pyrrole nitrogens is 1. The molecule has 0 aliphatic carbocycles. The van der Waals surface area contributed by atoms with Crippen molar-refractivity contribution < 1.29 is 9.47 Å². The number of aryl methyl sites for hydroxylation is 2. The van der Waals surface area contributed by atoms with Gasteiger partial charge in [0.05, 0.1) is 14.2 Å². The SMILES string of the molecule is CCCCCn1c(CCc2ccc(OC)c(OC)c2)n[nH]c1=S. The number of aromatic nitrogens is 3. The number of aromatic amines is 1. The monoisotopic (exact) mass is 335 g/mol. The number of benzene rings is 1. The summed E-state index contributed by atoms with van der Waals surface area (Å²) in [5.41, 5.74) is 1.19. The highest BCUT2D eigenvalue weighted by Gasteiger charge is 2.08. The maximum Gasteiger partial charge on any atom is 0.195 e. The summed E-state index contributed by atoms with van der Waals surface area (Å²) in [4.78, 5) is 0. The van der Waals surface area contributed by atoms with Crippen LogP contribution in [0.3, 0.4) is 0 Å². The molecule has 5 nitrogen and oxygen atoms in total. The van der Waals surface area contributed by atoms with Gasteiger partial charge in [0, 0.05) is 13.0 Å². The van der Waals surface area contributed by atoms with E-state index in [4.69, 9.17) is 21.7 Å². The molecule has 0 unspecified atom stereocenters. The zero-order chi connectivity index (χ0) is 16.7. The zero-order valence-corrected chi connectivity index (χ0v) is 14.9. The lowest BCUT2D eigenvalue weighted by atomic mass is 10.1. The Labute approximate surface area is 142 Å². The van der Waals surface area contributed by atoms with Crippen LogP contribution in [0.15, 0.2) is 18.2 Å². The summed E-state index contributed by atoms with van der Waals surface area (Å²) < 4.78 is 13.5. The van der Waals surface area contributed by atoms with Gasteiger partial charge >= 0.3 is 0 Å². The van der Waals surface area contributed by atoms with Gasteiger partial charge in [0.1, 0.15) is 5.82 Å². The van der Waals surface area contributed by atoms with Crippen molar-refractivity contribution in [1.82, 2.24) is 14.8 Å². The van der Waals surface area contributed by atoms with Gasteiger partial charge in [0.25, 0.3) is 0 Å². The van der Waals surface area contributed by atoms with Crippen LogP contribution in [0.25, 0.3) is 0 Å². The standard InChI is InChI=1S/C17H25N3O2S/c1-4-5-6-11-20-16(18-19-17(20)23)10-8-13-7-9-14(21-2)15(12-13)22-3/h7,9,12H,4-6,8,10-11H2,1-3H3,(H,19,23). The lowest BCUT2D eigenvalue weighted by Gasteiger charge is -2.10. The Kier molecular flexibility index (Phi) is 6.65. The van der Waals surface area contributed by atoms with Crippen molar-refractivity contribution in [1.29, 1.82) is 0 Å². The molecule has 2 aromatic rings. The molecule has 0 aliphatic rings. The van der Waals surface area contributed by atoms with Gasteiger partial charge in [-0.1, -0.05) is 25.8 Å². The fourth-order valence-electron chi connectivity index (χ4n) is 2.58. The molecule has 0 saturated heterocycles. The molecular formula is C17H25N3O2S. The molecule has 0 spiro atoms. The Morgan fingerprint density at radius 1 is 1.13 bits per heavy atom. The van der Waals surface area contributed by atoms with Crippen LogP contribution in [0.4, 0.5) is 0 Å². The second-order valence-corrected chi connectivity index (χ2v) is 5.88. The third kappa shape index (κ3) is 4.58. The first-order valence-corrected chi connectivity index (χ1v) is 8.45. The van der Waals surface area contributed by atoms with Gasteiger partial charge in [-0.25, -0.2) is 0 Å². The fourth-order valence-corrected chi connectivity index (χ4v) is 2.83. The number of nitrogens with one attached hydrogen (secondary N) is 1. The summed E-state index contributed by atoms with van der Waals surface area (Å²) in [7, 11) is 3.30. The first-order valence-electron chi connectivity index (χ1n) is 8.04. The molecule has 1 N–H and O–H groups in total. The molecule has 2 rings (SSSR count). The van der Waals surface area contributed by atoms with Crippen molar-refractivity contribution in [3.05, 3.63) is 34.4 Å². The van der Waals surface area contributed by atoms with E-state index in [1.54, 1.807) is 14.2 Å². The third-order valence-electron chi connectivity index (χ3n) is 3.91. The zero-order valence-electron chi connectivity index (χ0n) is 14.1. The average Bonchev–Trinajstić information content (AvgIpc) is 2.93. The molecule has 126 valence electrons. The summed E-state index contributed by atoms with van der Waals surface area (Å²) >= 11 is 5.33. The van der Waals surface area contributed by atoms with E-state index in [0.717, 1.165) is 43.1 Å². The van der Waals surface area contributed by atoms with Crippen molar-refractivity contribution >= 4 is 12.2 Å². The summed E-state index contributed by atoms with van der Waals surface area (Å²) in [6.07, 6.45) is 5.27. The number of unbranched alkanes of at least 4 members (excludes halogenated alkanes) is 2. The fraction of sp³-hybridized carbons (Fsp3) is 0.529. The molecule has 6 heteroatoms. The molecule has 23 heavy (non-hydrogen) atoms. The smallest absolute Gasteiger partial charge is 0.195 e.